The van der Waals surface area contributed by atoms with E-state index in [4.69, 9.17) is 4.74 Å². The van der Waals surface area contributed by atoms with Gasteiger partial charge in [0.15, 0.2) is 9.84 Å². The molecule has 2 aromatic rings. The first-order valence-electron chi connectivity index (χ1n) is 9.59. The van der Waals surface area contributed by atoms with Crippen LogP contribution in [0.3, 0.4) is 0 Å². The number of benzene rings is 2. The molecule has 1 aliphatic rings. The molecule has 2 atom stereocenters. The Morgan fingerprint density at radius 2 is 1.93 bits per heavy atom. The molecule has 3 rings (SSSR count). The third-order valence-corrected chi connectivity index (χ3v) is 7.96. The van der Waals surface area contributed by atoms with Gasteiger partial charge in [0.2, 0.25) is 11.8 Å². The molecule has 7 nitrogen and oxygen atoms in total. The molecule has 2 unspecified atom stereocenters. The molecular formula is C21H24N2O5S2. The average Bonchev–Trinajstić information content (AvgIpc) is 2.70. The van der Waals surface area contributed by atoms with Gasteiger partial charge in [-0.1, -0.05) is 0 Å². The Balaban J connectivity index is 1.68. The summed E-state index contributed by atoms with van der Waals surface area (Å²) < 4.78 is 31.3. The van der Waals surface area contributed by atoms with E-state index in [2.05, 4.69) is 10.6 Å². The lowest BCUT2D eigenvalue weighted by molar-refractivity contribution is -0.116. The molecule has 2 aromatic carbocycles. The van der Waals surface area contributed by atoms with Gasteiger partial charge in [0, 0.05) is 17.0 Å². The molecule has 2 amide bonds. The van der Waals surface area contributed by atoms with Crippen LogP contribution in [0.1, 0.15) is 27.2 Å². The van der Waals surface area contributed by atoms with E-state index >= 15 is 0 Å². The van der Waals surface area contributed by atoms with Gasteiger partial charge in [0.25, 0.3) is 0 Å². The SMILES string of the molecule is CCOc1ccc(NC(=O)CC(C)S(=O)(=O)c2ccc3c(c2)SC(C)C(=O)N3)cc1. The molecule has 30 heavy (non-hydrogen) atoms. The predicted molar refractivity (Wildman–Crippen MR) is 118 cm³/mol. The summed E-state index contributed by atoms with van der Waals surface area (Å²) in [6, 6.07) is 11.5. The van der Waals surface area contributed by atoms with Crippen molar-refractivity contribution in [3.8, 4) is 5.75 Å². The summed E-state index contributed by atoms with van der Waals surface area (Å²) in [6.07, 6.45) is -0.174. The van der Waals surface area contributed by atoms with Crippen molar-refractivity contribution < 1.29 is 22.7 Å². The number of carbonyl (C=O) groups excluding carboxylic acids is 2. The van der Waals surface area contributed by atoms with Crippen LogP contribution in [0.4, 0.5) is 11.4 Å². The molecule has 1 aliphatic heterocycles. The first-order valence-corrected chi connectivity index (χ1v) is 12.0. The van der Waals surface area contributed by atoms with Crippen molar-refractivity contribution in [2.24, 2.45) is 0 Å². The number of hydrogen-bond donors (Lipinski definition) is 2. The minimum Gasteiger partial charge on any atom is -0.494 e. The average molecular weight is 449 g/mol. The van der Waals surface area contributed by atoms with Gasteiger partial charge in [-0.25, -0.2) is 8.42 Å². The summed E-state index contributed by atoms with van der Waals surface area (Å²) in [5.41, 5.74) is 1.17. The lowest BCUT2D eigenvalue weighted by Gasteiger charge is -2.22. The Labute approximate surface area is 180 Å². The highest BCUT2D eigenvalue weighted by Crippen LogP contribution is 2.37. The minimum absolute atomic E-state index is 0.109. The fourth-order valence-corrected chi connectivity index (χ4v) is 5.41. The monoisotopic (exact) mass is 448 g/mol. The number of sulfone groups is 1. The van der Waals surface area contributed by atoms with Gasteiger partial charge in [0.05, 0.1) is 27.7 Å². The van der Waals surface area contributed by atoms with Gasteiger partial charge in [-0.2, -0.15) is 0 Å². The van der Waals surface area contributed by atoms with Crippen molar-refractivity contribution in [2.75, 3.05) is 17.2 Å². The fourth-order valence-electron chi connectivity index (χ4n) is 2.98. The van der Waals surface area contributed by atoms with Crippen molar-refractivity contribution in [3.63, 3.8) is 0 Å². The van der Waals surface area contributed by atoms with E-state index < -0.39 is 15.1 Å². The molecule has 0 spiro atoms. The molecule has 1 heterocycles. The zero-order chi connectivity index (χ0) is 21.9. The van der Waals surface area contributed by atoms with Gasteiger partial charge < -0.3 is 15.4 Å². The second-order valence-electron chi connectivity index (χ2n) is 6.97. The summed E-state index contributed by atoms with van der Waals surface area (Å²) >= 11 is 1.32. The van der Waals surface area contributed by atoms with E-state index in [-0.39, 0.29) is 28.4 Å². The number of carbonyl (C=O) groups is 2. The summed E-state index contributed by atoms with van der Waals surface area (Å²) in [7, 11) is -3.71. The molecule has 0 fully saturated rings. The van der Waals surface area contributed by atoms with E-state index in [1.54, 1.807) is 43.3 Å². The second kappa shape index (κ2) is 9.09. The number of hydrogen-bond acceptors (Lipinski definition) is 6. The lowest BCUT2D eigenvalue weighted by Crippen LogP contribution is -2.27. The fraction of sp³-hybridized carbons (Fsp3) is 0.333. The van der Waals surface area contributed by atoms with Gasteiger partial charge in [0.1, 0.15) is 5.75 Å². The first-order chi connectivity index (χ1) is 14.2. The molecule has 2 N–H and O–H groups in total. The topological polar surface area (TPSA) is 102 Å². The van der Waals surface area contributed by atoms with Crippen LogP contribution in [0.2, 0.25) is 0 Å². The number of fused-ring (bicyclic) bond motifs is 1. The molecule has 0 saturated heterocycles. The van der Waals surface area contributed by atoms with Gasteiger partial charge in [-0.3, -0.25) is 9.59 Å². The van der Waals surface area contributed by atoms with Crippen molar-refractivity contribution in [1.29, 1.82) is 0 Å². The minimum atomic E-state index is -3.71. The summed E-state index contributed by atoms with van der Waals surface area (Å²) in [4.78, 5) is 25.0. The third-order valence-electron chi connectivity index (χ3n) is 4.66. The third kappa shape index (κ3) is 4.96. The van der Waals surface area contributed by atoms with Gasteiger partial charge >= 0.3 is 0 Å². The molecular weight excluding hydrogens is 424 g/mol. The number of thioether (sulfide) groups is 1. The summed E-state index contributed by atoms with van der Waals surface area (Å²) in [5.74, 6) is 0.202. The van der Waals surface area contributed by atoms with Crippen LogP contribution in [0.25, 0.3) is 0 Å². The number of rotatable bonds is 7. The van der Waals surface area contributed by atoms with Gasteiger partial charge in [-0.05, 0) is 63.2 Å². The predicted octanol–water partition coefficient (Wildman–Crippen LogP) is 3.71. The highest BCUT2D eigenvalue weighted by molar-refractivity contribution is 8.01. The molecule has 0 bridgehead atoms. The smallest absolute Gasteiger partial charge is 0.237 e. The van der Waals surface area contributed by atoms with Gasteiger partial charge in [-0.15, -0.1) is 11.8 Å². The first kappa shape index (κ1) is 22.2. The number of anilines is 2. The Morgan fingerprint density at radius 3 is 2.60 bits per heavy atom. The van der Waals surface area contributed by atoms with Crippen LogP contribution in [-0.2, 0) is 19.4 Å². The van der Waals surface area contributed by atoms with Crippen molar-refractivity contribution in [3.05, 3.63) is 42.5 Å². The molecule has 0 radical (unpaired) electrons. The van der Waals surface area contributed by atoms with Crippen molar-refractivity contribution in [1.82, 2.24) is 0 Å². The Bertz CT molecular complexity index is 1050. The van der Waals surface area contributed by atoms with E-state index in [1.807, 2.05) is 6.92 Å². The van der Waals surface area contributed by atoms with Crippen LogP contribution in [-0.4, -0.2) is 37.3 Å². The van der Waals surface area contributed by atoms with Crippen LogP contribution in [0.15, 0.2) is 52.3 Å². The van der Waals surface area contributed by atoms with E-state index in [0.29, 0.717) is 28.6 Å². The molecule has 0 aromatic heterocycles. The maximum Gasteiger partial charge on any atom is 0.237 e. The summed E-state index contributed by atoms with van der Waals surface area (Å²) in [6.45, 7) is 5.71. The maximum absolute atomic E-state index is 13.0. The van der Waals surface area contributed by atoms with E-state index in [1.165, 1.54) is 24.8 Å². The lowest BCUT2D eigenvalue weighted by atomic mass is 10.2. The normalized spacial score (nSPS) is 16.9. The highest BCUT2D eigenvalue weighted by Gasteiger charge is 2.29. The van der Waals surface area contributed by atoms with Crippen molar-refractivity contribution in [2.45, 2.75) is 47.5 Å². The van der Waals surface area contributed by atoms with E-state index in [9.17, 15) is 18.0 Å². The quantitative estimate of drug-likeness (QED) is 0.670. The Kier molecular flexibility index (Phi) is 6.72. The standard InChI is InChI=1S/C21H24N2O5S2/c1-4-28-16-7-5-15(6-8-16)22-20(24)11-13(2)30(26,27)17-9-10-18-19(12-17)29-14(3)21(25)23-18/h5-10,12-14H,4,11H2,1-3H3,(H,22,24)(H,23,25). The Hall–Kier alpha value is -2.52. The van der Waals surface area contributed by atoms with E-state index in [0.717, 1.165) is 0 Å². The van der Waals surface area contributed by atoms with Crippen LogP contribution in [0, 0.1) is 0 Å². The molecule has 0 saturated carbocycles. The zero-order valence-corrected chi connectivity index (χ0v) is 18.6. The highest BCUT2D eigenvalue weighted by atomic mass is 32.2. The molecule has 160 valence electrons. The maximum atomic E-state index is 13.0. The summed E-state index contributed by atoms with van der Waals surface area (Å²) in [5, 5.41) is 4.27. The number of ether oxygens (including phenoxy) is 1. The molecule has 9 heteroatoms. The largest absolute Gasteiger partial charge is 0.494 e. The Morgan fingerprint density at radius 1 is 1.23 bits per heavy atom. The molecule has 0 aliphatic carbocycles. The van der Waals surface area contributed by atoms with Crippen LogP contribution >= 0.6 is 11.8 Å². The second-order valence-corrected chi connectivity index (χ2v) is 10.7. The number of amides is 2. The van der Waals surface area contributed by atoms with Crippen molar-refractivity contribution >= 4 is 44.8 Å². The zero-order valence-electron chi connectivity index (χ0n) is 17.0. The van der Waals surface area contributed by atoms with Crippen LogP contribution in [0.5, 0.6) is 5.75 Å². The number of nitrogens with one attached hydrogen (secondary N) is 2. The van der Waals surface area contributed by atoms with Crippen LogP contribution < -0.4 is 15.4 Å².